The van der Waals surface area contributed by atoms with Crippen molar-refractivity contribution >= 4 is 11.6 Å². The standard InChI is InChI=1S/C14H12N4O3/c19-13(20)7-10-3-1-2-4-11(10)9-18-14(21)17-6-5-15-8-12(17)16-18/h1-6,8H,7,9H2,(H,19,20). The Morgan fingerprint density at radius 2 is 2.00 bits per heavy atom. The van der Waals surface area contributed by atoms with Crippen LogP contribution in [0.5, 0.6) is 0 Å². The van der Waals surface area contributed by atoms with Crippen LogP contribution in [0.1, 0.15) is 11.1 Å². The zero-order chi connectivity index (χ0) is 14.8. The second kappa shape index (κ2) is 5.20. The van der Waals surface area contributed by atoms with Gasteiger partial charge in [0, 0.05) is 12.4 Å². The Hall–Kier alpha value is -2.96. The minimum absolute atomic E-state index is 0.0835. The lowest BCUT2D eigenvalue weighted by atomic mass is 10.0. The summed E-state index contributed by atoms with van der Waals surface area (Å²) in [4.78, 5) is 27.0. The smallest absolute Gasteiger partial charge is 0.350 e. The highest BCUT2D eigenvalue weighted by molar-refractivity contribution is 5.70. The molecule has 7 heteroatoms. The van der Waals surface area contributed by atoms with Crippen molar-refractivity contribution in [2.45, 2.75) is 13.0 Å². The molecule has 2 aromatic heterocycles. The Balaban J connectivity index is 2.01. The van der Waals surface area contributed by atoms with Gasteiger partial charge in [0.05, 0.1) is 19.2 Å². The van der Waals surface area contributed by atoms with Crippen LogP contribution < -0.4 is 5.69 Å². The van der Waals surface area contributed by atoms with E-state index in [-0.39, 0.29) is 18.7 Å². The van der Waals surface area contributed by atoms with Gasteiger partial charge in [-0.25, -0.2) is 13.9 Å². The molecule has 0 unspecified atom stereocenters. The van der Waals surface area contributed by atoms with Crippen LogP contribution in [0.15, 0.2) is 47.7 Å². The third kappa shape index (κ3) is 2.53. The second-order valence-corrected chi connectivity index (χ2v) is 4.58. The molecule has 0 amide bonds. The molecule has 21 heavy (non-hydrogen) atoms. The zero-order valence-electron chi connectivity index (χ0n) is 11.0. The molecule has 0 spiro atoms. The van der Waals surface area contributed by atoms with Crippen LogP contribution in [-0.4, -0.2) is 30.2 Å². The fourth-order valence-corrected chi connectivity index (χ4v) is 2.19. The maximum Gasteiger partial charge on any atom is 0.350 e. The second-order valence-electron chi connectivity index (χ2n) is 4.58. The number of fused-ring (bicyclic) bond motifs is 1. The summed E-state index contributed by atoms with van der Waals surface area (Å²) in [6.45, 7) is 0.226. The minimum Gasteiger partial charge on any atom is -0.481 e. The Morgan fingerprint density at radius 1 is 1.24 bits per heavy atom. The molecule has 1 aromatic carbocycles. The van der Waals surface area contributed by atoms with E-state index in [0.717, 1.165) is 5.56 Å². The van der Waals surface area contributed by atoms with Crippen LogP contribution in [0.25, 0.3) is 5.65 Å². The Bertz CT molecular complexity index is 866. The van der Waals surface area contributed by atoms with Crippen LogP contribution in [0.4, 0.5) is 0 Å². The van der Waals surface area contributed by atoms with E-state index in [1.165, 1.54) is 21.5 Å². The van der Waals surface area contributed by atoms with Gasteiger partial charge in [-0.2, -0.15) is 0 Å². The Morgan fingerprint density at radius 3 is 2.71 bits per heavy atom. The number of aromatic nitrogens is 4. The summed E-state index contributed by atoms with van der Waals surface area (Å²) >= 11 is 0. The van der Waals surface area contributed by atoms with Gasteiger partial charge in [0.2, 0.25) is 0 Å². The van der Waals surface area contributed by atoms with Crippen LogP contribution >= 0.6 is 0 Å². The molecule has 106 valence electrons. The molecule has 0 saturated heterocycles. The molecule has 2 heterocycles. The highest BCUT2D eigenvalue weighted by Crippen LogP contribution is 2.10. The number of hydrogen-bond acceptors (Lipinski definition) is 4. The van der Waals surface area contributed by atoms with Gasteiger partial charge >= 0.3 is 11.7 Å². The van der Waals surface area contributed by atoms with Gasteiger partial charge in [-0.3, -0.25) is 9.78 Å². The van der Waals surface area contributed by atoms with Gasteiger partial charge in [0.15, 0.2) is 5.65 Å². The summed E-state index contributed by atoms with van der Waals surface area (Å²) in [5.41, 5.74) is 1.61. The summed E-state index contributed by atoms with van der Waals surface area (Å²) < 4.78 is 2.70. The molecule has 1 N–H and O–H groups in total. The first-order chi connectivity index (χ1) is 10.1. The lowest BCUT2D eigenvalue weighted by Gasteiger charge is -2.06. The molecule has 0 aliphatic carbocycles. The SMILES string of the molecule is O=C(O)Cc1ccccc1Cn1nc2cnccn2c1=O. The number of carbonyl (C=O) groups is 1. The van der Waals surface area contributed by atoms with Crippen LogP contribution in [0, 0.1) is 0 Å². The highest BCUT2D eigenvalue weighted by Gasteiger charge is 2.11. The van der Waals surface area contributed by atoms with Gasteiger partial charge in [0.1, 0.15) is 0 Å². The van der Waals surface area contributed by atoms with E-state index in [2.05, 4.69) is 10.1 Å². The molecule has 0 bridgehead atoms. The normalized spacial score (nSPS) is 10.9. The summed E-state index contributed by atoms with van der Waals surface area (Å²) in [5.74, 6) is -0.908. The lowest BCUT2D eigenvalue weighted by Crippen LogP contribution is -2.22. The fourth-order valence-electron chi connectivity index (χ4n) is 2.19. The summed E-state index contributed by atoms with van der Waals surface area (Å²) in [6, 6.07) is 7.13. The van der Waals surface area contributed by atoms with Crippen molar-refractivity contribution in [1.82, 2.24) is 19.2 Å². The molecule has 0 saturated carbocycles. The van der Waals surface area contributed by atoms with Crippen molar-refractivity contribution in [3.05, 3.63) is 64.5 Å². The van der Waals surface area contributed by atoms with E-state index < -0.39 is 5.97 Å². The summed E-state index contributed by atoms with van der Waals surface area (Å²) in [5, 5.41) is 13.1. The Labute approximate surface area is 119 Å². The molecule has 0 atom stereocenters. The Kier molecular flexibility index (Phi) is 3.23. The lowest BCUT2D eigenvalue weighted by molar-refractivity contribution is -0.136. The van der Waals surface area contributed by atoms with E-state index in [1.807, 2.05) is 6.07 Å². The molecule has 3 rings (SSSR count). The fraction of sp³-hybridized carbons (Fsp3) is 0.143. The largest absolute Gasteiger partial charge is 0.481 e. The van der Waals surface area contributed by atoms with Crippen LogP contribution in [0.3, 0.4) is 0 Å². The van der Waals surface area contributed by atoms with Crippen molar-refractivity contribution in [2.75, 3.05) is 0 Å². The average Bonchev–Trinajstić information content (AvgIpc) is 2.78. The molecule has 0 aliphatic heterocycles. The number of nitrogens with zero attached hydrogens (tertiary/aromatic N) is 4. The zero-order valence-corrected chi connectivity index (χ0v) is 11.0. The monoisotopic (exact) mass is 284 g/mol. The van der Waals surface area contributed by atoms with Crippen molar-refractivity contribution in [2.24, 2.45) is 0 Å². The molecule has 0 radical (unpaired) electrons. The first-order valence-electron chi connectivity index (χ1n) is 6.33. The highest BCUT2D eigenvalue weighted by atomic mass is 16.4. The first kappa shape index (κ1) is 13.0. The first-order valence-corrected chi connectivity index (χ1v) is 6.33. The predicted octanol–water partition coefficient (Wildman–Crippen LogP) is 0.566. The van der Waals surface area contributed by atoms with E-state index >= 15 is 0 Å². The topological polar surface area (TPSA) is 89.5 Å². The molecule has 0 fully saturated rings. The van der Waals surface area contributed by atoms with Crippen molar-refractivity contribution in [1.29, 1.82) is 0 Å². The molecular weight excluding hydrogens is 272 g/mol. The van der Waals surface area contributed by atoms with E-state index in [0.29, 0.717) is 11.2 Å². The third-order valence-corrected chi connectivity index (χ3v) is 3.17. The van der Waals surface area contributed by atoms with Gasteiger partial charge in [-0.15, -0.1) is 5.10 Å². The average molecular weight is 284 g/mol. The molecule has 7 nitrogen and oxygen atoms in total. The van der Waals surface area contributed by atoms with Crippen molar-refractivity contribution in [3.8, 4) is 0 Å². The predicted molar refractivity (Wildman–Crippen MR) is 74.1 cm³/mol. The summed E-state index contributed by atoms with van der Waals surface area (Å²) in [6.07, 6.45) is 4.48. The van der Waals surface area contributed by atoms with Crippen LogP contribution in [-0.2, 0) is 17.8 Å². The van der Waals surface area contributed by atoms with E-state index in [4.69, 9.17) is 5.11 Å². The third-order valence-electron chi connectivity index (χ3n) is 3.17. The molecule has 0 aliphatic rings. The van der Waals surface area contributed by atoms with Crippen molar-refractivity contribution in [3.63, 3.8) is 0 Å². The van der Waals surface area contributed by atoms with E-state index in [1.54, 1.807) is 24.4 Å². The van der Waals surface area contributed by atoms with Gasteiger partial charge in [-0.1, -0.05) is 24.3 Å². The number of aliphatic carboxylic acids is 1. The molecule has 3 aromatic rings. The van der Waals surface area contributed by atoms with Gasteiger partial charge in [-0.05, 0) is 11.1 Å². The van der Waals surface area contributed by atoms with Gasteiger partial charge < -0.3 is 5.11 Å². The number of hydrogen-bond donors (Lipinski definition) is 1. The number of rotatable bonds is 4. The quantitative estimate of drug-likeness (QED) is 0.756. The maximum absolute atomic E-state index is 12.2. The number of carboxylic acid groups (broad SMARTS) is 1. The van der Waals surface area contributed by atoms with E-state index in [9.17, 15) is 9.59 Å². The van der Waals surface area contributed by atoms with Gasteiger partial charge in [0.25, 0.3) is 0 Å². The summed E-state index contributed by atoms with van der Waals surface area (Å²) in [7, 11) is 0. The number of benzene rings is 1. The minimum atomic E-state index is -0.908. The maximum atomic E-state index is 12.2. The van der Waals surface area contributed by atoms with Crippen LogP contribution in [0.2, 0.25) is 0 Å². The molecular formula is C14H12N4O3. The van der Waals surface area contributed by atoms with Crippen molar-refractivity contribution < 1.29 is 9.90 Å². The number of carboxylic acids is 1.